The van der Waals surface area contributed by atoms with Gasteiger partial charge in [-0.05, 0) is 37.7 Å². The number of piperazine rings is 1. The van der Waals surface area contributed by atoms with Crippen LogP contribution in [0.3, 0.4) is 0 Å². The maximum atomic E-state index is 14.8. The van der Waals surface area contributed by atoms with Crippen LogP contribution in [0.5, 0.6) is 0 Å². The van der Waals surface area contributed by atoms with Gasteiger partial charge in [0.2, 0.25) is 0 Å². The molecule has 2 heterocycles. The molecule has 0 spiro atoms. The number of anilines is 1. The molecule has 0 atom stereocenters. The number of hydrogen-bond acceptors (Lipinski definition) is 6. The number of fused-ring (bicyclic) bond motifs is 1. The Bertz CT molecular complexity index is 1100. The lowest BCUT2D eigenvalue weighted by Gasteiger charge is -2.35. The van der Waals surface area contributed by atoms with Crippen molar-refractivity contribution < 1.29 is 9.18 Å². The molecule has 8 nitrogen and oxygen atoms in total. The predicted octanol–water partition coefficient (Wildman–Crippen LogP) is 2.25. The summed E-state index contributed by atoms with van der Waals surface area (Å²) in [5.41, 5.74) is 5.77. The fraction of sp³-hybridized carbons (Fsp3) is 0.364. The number of hydrogen-bond donors (Lipinski definition) is 1. The Balaban J connectivity index is 1.39. The third-order valence-electron chi connectivity index (χ3n) is 5.59. The molecule has 31 heavy (non-hydrogen) atoms. The van der Waals surface area contributed by atoms with Crippen LogP contribution in [0, 0.1) is 5.82 Å². The van der Waals surface area contributed by atoms with Gasteiger partial charge < -0.3 is 9.80 Å². The highest BCUT2D eigenvalue weighted by Crippen LogP contribution is 2.22. The quantitative estimate of drug-likeness (QED) is 0.486. The van der Waals surface area contributed by atoms with E-state index in [0.717, 1.165) is 43.8 Å². The van der Waals surface area contributed by atoms with E-state index in [9.17, 15) is 9.18 Å². The number of carbonyl (C=O) groups excluding carboxylic acids is 1. The Morgan fingerprint density at radius 2 is 1.94 bits per heavy atom. The van der Waals surface area contributed by atoms with E-state index in [1.165, 1.54) is 10.7 Å². The number of likely N-dealkylation sites (N-methyl/N-ethyl adjacent to an activating group) is 1. The van der Waals surface area contributed by atoms with Crippen LogP contribution in [0.2, 0.25) is 0 Å². The molecule has 0 saturated carbocycles. The summed E-state index contributed by atoms with van der Waals surface area (Å²) in [6.45, 7) is 8.38. The van der Waals surface area contributed by atoms with Gasteiger partial charge in [0.05, 0.1) is 16.9 Å². The van der Waals surface area contributed by atoms with Crippen molar-refractivity contribution in [2.45, 2.75) is 20.4 Å². The Labute approximate surface area is 180 Å². The lowest BCUT2D eigenvalue weighted by atomic mass is 10.1. The van der Waals surface area contributed by atoms with Gasteiger partial charge in [-0.25, -0.2) is 14.5 Å². The summed E-state index contributed by atoms with van der Waals surface area (Å²) in [6, 6.07) is 12.5. The number of halogens is 1. The molecule has 162 valence electrons. The van der Waals surface area contributed by atoms with Gasteiger partial charge in [0, 0.05) is 31.7 Å². The average Bonchev–Trinajstić information content (AvgIpc) is 3.20. The largest absolute Gasteiger partial charge is 0.367 e. The minimum Gasteiger partial charge on any atom is -0.367 e. The molecule has 1 saturated heterocycles. The van der Waals surface area contributed by atoms with Crippen molar-refractivity contribution in [1.82, 2.24) is 25.3 Å². The molecule has 1 N–H and O–H groups in total. The number of nitrogens with one attached hydrogen (secondary N) is 1. The summed E-state index contributed by atoms with van der Waals surface area (Å²) >= 11 is 0. The van der Waals surface area contributed by atoms with Crippen molar-refractivity contribution >= 4 is 28.3 Å². The van der Waals surface area contributed by atoms with Crippen molar-refractivity contribution in [3.8, 4) is 0 Å². The van der Waals surface area contributed by atoms with Gasteiger partial charge in [0.1, 0.15) is 17.9 Å². The molecular weight excluding hydrogens is 397 g/mol. The van der Waals surface area contributed by atoms with Crippen LogP contribution < -0.4 is 10.3 Å². The summed E-state index contributed by atoms with van der Waals surface area (Å²) in [5, 5.41) is 12.2. The first-order valence-electron chi connectivity index (χ1n) is 10.4. The molecule has 0 unspecified atom stereocenters. The molecule has 9 heteroatoms. The first kappa shape index (κ1) is 20.9. The molecule has 0 bridgehead atoms. The molecule has 0 radical (unpaired) electrons. The van der Waals surface area contributed by atoms with E-state index in [2.05, 4.69) is 37.6 Å². The second-order valence-corrected chi connectivity index (χ2v) is 7.56. The molecule has 3 aromatic rings. The summed E-state index contributed by atoms with van der Waals surface area (Å²) in [4.78, 5) is 16.7. The smallest absolute Gasteiger partial charge is 0.261 e. The van der Waals surface area contributed by atoms with Gasteiger partial charge in [0.15, 0.2) is 0 Å². The zero-order valence-corrected chi connectivity index (χ0v) is 17.8. The highest BCUT2D eigenvalue weighted by Gasteiger charge is 2.19. The lowest BCUT2D eigenvalue weighted by Crippen LogP contribution is -2.46. The van der Waals surface area contributed by atoms with Gasteiger partial charge in [-0.2, -0.15) is 5.10 Å². The van der Waals surface area contributed by atoms with E-state index >= 15 is 0 Å². The van der Waals surface area contributed by atoms with Gasteiger partial charge in [-0.1, -0.05) is 30.3 Å². The van der Waals surface area contributed by atoms with E-state index < -0.39 is 0 Å². The Kier molecular flexibility index (Phi) is 6.22. The third kappa shape index (κ3) is 4.72. The van der Waals surface area contributed by atoms with E-state index in [0.29, 0.717) is 17.0 Å². The summed E-state index contributed by atoms with van der Waals surface area (Å²) in [6.07, 6.45) is 0. The monoisotopic (exact) mass is 423 g/mol. The van der Waals surface area contributed by atoms with E-state index in [-0.39, 0.29) is 18.3 Å². The van der Waals surface area contributed by atoms with Crippen LogP contribution in [0.25, 0.3) is 11.0 Å². The van der Waals surface area contributed by atoms with Crippen molar-refractivity contribution in [3.63, 3.8) is 0 Å². The Hall–Kier alpha value is -3.33. The van der Waals surface area contributed by atoms with Crippen LogP contribution in [-0.4, -0.2) is 64.2 Å². The second-order valence-electron chi connectivity index (χ2n) is 7.56. The molecule has 1 fully saturated rings. The van der Waals surface area contributed by atoms with Crippen molar-refractivity contribution in [2.75, 3.05) is 37.6 Å². The number of rotatable bonds is 6. The number of carbonyl (C=O) groups is 1. The van der Waals surface area contributed by atoms with Gasteiger partial charge >= 0.3 is 0 Å². The molecule has 1 amide bonds. The molecule has 1 aromatic heterocycles. The number of nitrogens with zero attached hydrogens (tertiary/aromatic N) is 6. The summed E-state index contributed by atoms with van der Waals surface area (Å²) in [5.74, 6) is -0.613. The predicted molar refractivity (Wildman–Crippen MR) is 119 cm³/mol. The standard InChI is InChI=1S/C22H26FN7O/c1-3-28-10-12-29(13-11-28)20-9-8-17(14-18(20)23)16(2)24-26-22(31)15-30-21-7-5-4-6-19(21)25-27-30/h4-9,14H,3,10-13,15H2,1-2H3,(H,26,31)/b24-16-. The maximum Gasteiger partial charge on any atom is 0.261 e. The van der Waals surface area contributed by atoms with E-state index in [1.807, 2.05) is 30.3 Å². The van der Waals surface area contributed by atoms with Crippen molar-refractivity contribution in [1.29, 1.82) is 0 Å². The fourth-order valence-electron chi connectivity index (χ4n) is 3.71. The molecule has 0 aliphatic carbocycles. The summed E-state index contributed by atoms with van der Waals surface area (Å²) < 4.78 is 16.3. The lowest BCUT2D eigenvalue weighted by molar-refractivity contribution is -0.121. The number of benzene rings is 2. The van der Waals surface area contributed by atoms with Crippen LogP contribution in [0.15, 0.2) is 47.6 Å². The Morgan fingerprint density at radius 3 is 2.68 bits per heavy atom. The molecule has 4 rings (SSSR count). The molecule has 1 aliphatic heterocycles. The highest BCUT2D eigenvalue weighted by molar-refractivity contribution is 5.99. The second kappa shape index (κ2) is 9.22. The SMILES string of the molecule is CCN1CCN(c2ccc(/C(C)=N\NC(=O)Cn3nnc4ccccc43)cc2F)CC1. The van der Waals surface area contributed by atoms with Crippen LogP contribution in [0.4, 0.5) is 10.1 Å². The zero-order chi connectivity index (χ0) is 21.8. The normalized spacial score (nSPS) is 15.5. The van der Waals surface area contributed by atoms with Gasteiger partial charge in [0.25, 0.3) is 5.91 Å². The summed E-state index contributed by atoms with van der Waals surface area (Å²) in [7, 11) is 0. The van der Waals surface area contributed by atoms with Crippen LogP contribution >= 0.6 is 0 Å². The van der Waals surface area contributed by atoms with Gasteiger partial charge in [-0.3, -0.25) is 4.79 Å². The number of amides is 1. The van der Waals surface area contributed by atoms with Gasteiger partial charge in [-0.15, -0.1) is 5.10 Å². The first-order chi connectivity index (χ1) is 15.0. The van der Waals surface area contributed by atoms with E-state index in [4.69, 9.17) is 0 Å². The highest BCUT2D eigenvalue weighted by atomic mass is 19.1. The van der Waals surface area contributed by atoms with E-state index in [1.54, 1.807) is 13.0 Å². The maximum absolute atomic E-state index is 14.8. The van der Waals surface area contributed by atoms with Crippen LogP contribution in [-0.2, 0) is 11.3 Å². The zero-order valence-electron chi connectivity index (χ0n) is 17.8. The first-order valence-corrected chi connectivity index (χ1v) is 10.4. The van der Waals surface area contributed by atoms with Crippen LogP contribution in [0.1, 0.15) is 19.4 Å². The number of para-hydroxylation sites is 1. The fourth-order valence-corrected chi connectivity index (χ4v) is 3.71. The topological polar surface area (TPSA) is 78.6 Å². The molecular formula is C22H26FN7O. The molecule has 2 aromatic carbocycles. The third-order valence-corrected chi connectivity index (χ3v) is 5.59. The average molecular weight is 423 g/mol. The Morgan fingerprint density at radius 1 is 1.16 bits per heavy atom. The minimum atomic E-state index is -0.333. The minimum absolute atomic E-state index is 0.00562. The van der Waals surface area contributed by atoms with Crippen molar-refractivity contribution in [2.24, 2.45) is 5.10 Å². The number of hydrazone groups is 1. The molecule has 1 aliphatic rings. The number of aromatic nitrogens is 3. The van der Waals surface area contributed by atoms with Crippen molar-refractivity contribution in [3.05, 3.63) is 53.8 Å².